The van der Waals surface area contributed by atoms with Gasteiger partial charge in [-0.3, -0.25) is 9.36 Å². The molecule has 1 aliphatic carbocycles. The van der Waals surface area contributed by atoms with Gasteiger partial charge in [0.25, 0.3) is 5.56 Å². The third-order valence-corrected chi connectivity index (χ3v) is 5.82. The lowest BCUT2D eigenvalue weighted by Gasteiger charge is -2.24. The molecule has 0 bridgehead atoms. The second-order valence-corrected chi connectivity index (χ2v) is 7.50. The van der Waals surface area contributed by atoms with Gasteiger partial charge in [0.1, 0.15) is 17.0 Å². The molecule has 1 aliphatic rings. The summed E-state index contributed by atoms with van der Waals surface area (Å²) in [5.74, 6) is -0.343. The number of hydrogen-bond acceptors (Lipinski definition) is 5. The van der Waals surface area contributed by atoms with E-state index < -0.39 is 6.04 Å². The fraction of sp³-hybridized carbons (Fsp3) is 0.588. The summed E-state index contributed by atoms with van der Waals surface area (Å²) < 4.78 is 6.98. The maximum Gasteiger partial charge on any atom is 0.329 e. The summed E-state index contributed by atoms with van der Waals surface area (Å²) in [6.45, 7) is 5.60. The molecule has 2 aromatic rings. The van der Waals surface area contributed by atoms with E-state index in [9.17, 15) is 9.59 Å². The number of nitrogens with zero attached hydrogens (tertiary/aromatic N) is 2. The molecule has 124 valence electrons. The summed E-state index contributed by atoms with van der Waals surface area (Å²) >= 11 is 1.51. The summed E-state index contributed by atoms with van der Waals surface area (Å²) in [6, 6.07) is -0.652. The highest BCUT2D eigenvalue weighted by Crippen LogP contribution is 2.26. The molecule has 23 heavy (non-hydrogen) atoms. The number of rotatable bonds is 3. The van der Waals surface area contributed by atoms with Crippen LogP contribution in [0.2, 0.25) is 0 Å². The molecular weight excluding hydrogens is 312 g/mol. The van der Waals surface area contributed by atoms with E-state index in [-0.39, 0.29) is 17.6 Å². The highest BCUT2D eigenvalue weighted by molar-refractivity contribution is 7.18. The van der Waals surface area contributed by atoms with Crippen LogP contribution in [0.4, 0.5) is 0 Å². The van der Waals surface area contributed by atoms with Crippen LogP contribution in [-0.2, 0) is 9.53 Å². The maximum absolute atomic E-state index is 12.7. The van der Waals surface area contributed by atoms with Crippen LogP contribution in [-0.4, -0.2) is 21.6 Å². The Morgan fingerprint density at radius 1 is 1.35 bits per heavy atom. The van der Waals surface area contributed by atoms with E-state index in [2.05, 4.69) is 4.98 Å². The van der Waals surface area contributed by atoms with Crippen LogP contribution < -0.4 is 5.56 Å². The molecule has 0 aliphatic heterocycles. The van der Waals surface area contributed by atoms with Crippen molar-refractivity contribution in [3.8, 4) is 0 Å². The van der Waals surface area contributed by atoms with Crippen LogP contribution in [0.25, 0.3) is 10.2 Å². The van der Waals surface area contributed by atoms with Crippen LogP contribution >= 0.6 is 11.3 Å². The van der Waals surface area contributed by atoms with Crippen molar-refractivity contribution in [1.29, 1.82) is 0 Å². The monoisotopic (exact) mass is 334 g/mol. The minimum absolute atomic E-state index is 0.00350. The van der Waals surface area contributed by atoms with Gasteiger partial charge in [-0.2, -0.15) is 0 Å². The Kier molecular flexibility index (Phi) is 4.53. The number of hydrogen-bond donors (Lipinski definition) is 0. The minimum Gasteiger partial charge on any atom is -0.461 e. The predicted molar refractivity (Wildman–Crippen MR) is 91.0 cm³/mol. The number of ether oxygens (including phenoxy) is 1. The van der Waals surface area contributed by atoms with E-state index in [4.69, 9.17) is 4.74 Å². The lowest BCUT2D eigenvalue weighted by atomic mass is 9.98. The summed E-state index contributed by atoms with van der Waals surface area (Å²) in [5, 5.41) is 0.618. The van der Waals surface area contributed by atoms with E-state index >= 15 is 0 Å². The van der Waals surface area contributed by atoms with Gasteiger partial charge in [-0.1, -0.05) is 6.42 Å². The van der Waals surface area contributed by atoms with Crippen molar-refractivity contribution < 1.29 is 9.53 Å². The third kappa shape index (κ3) is 3.04. The van der Waals surface area contributed by atoms with E-state index in [0.717, 1.165) is 41.0 Å². The van der Waals surface area contributed by atoms with Gasteiger partial charge in [-0.25, -0.2) is 9.78 Å². The van der Waals surface area contributed by atoms with Crippen molar-refractivity contribution in [2.75, 3.05) is 0 Å². The van der Waals surface area contributed by atoms with Crippen molar-refractivity contribution >= 4 is 27.5 Å². The first-order chi connectivity index (χ1) is 11.0. The zero-order chi connectivity index (χ0) is 16.6. The smallest absolute Gasteiger partial charge is 0.329 e. The van der Waals surface area contributed by atoms with Crippen molar-refractivity contribution in [2.24, 2.45) is 0 Å². The molecule has 0 radical (unpaired) electrons. The van der Waals surface area contributed by atoms with Gasteiger partial charge in [0.05, 0.1) is 11.7 Å². The Balaban J connectivity index is 1.86. The highest BCUT2D eigenvalue weighted by atomic mass is 32.1. The van der Waals surface area contributed by atoms with Gasteiger partial charge in [0.2, 0.25) is 0 Å². The molecule has 2 heterocycles. The lowest BCUT2D eigenvalue weighted by molar-refractivity contribution is -0.154. The Bertz CT molecular complexity index is 787. The number of thiophene rings is 1. The molecular formula is C17H22N2O3S. The number of carbonyl (C=O) groups excluding carboxylic acids is 1. The molecule has 2 aromatic heterocycles. The molecule has 0 amide bonds. The molecule has 0 spiro atoms. The van der Waals surface area contributed by atoms with Crippen molar-refractivity contribution in [1.82, 2.24) is 9.55 Å². The van der Waals surface area contributed by atoms with Gasteiger partial charge in [0, 0.05) is 4.88 Å². The Morgan fingerprint density at radius 3 is 2.74 bits per heavy atom. The number of aryl methyl sites for hydroxylation is 2. The van der Waals surface area contributed by atoms with E-state index in [1.54, 1.807) is 6.92 Å². The Labute approximate surface area is 139 Å². The van der Waals surface area contributed by atoms with Crippen LogP contribution in [0.5, 0.6) is 0 Å². The summed E-state index contributed by atoms with van der Waals surface area (Å²) in [6.07, 6.45) is 6.73. The zero-order valence-electron chi connectivity index (χ0n) is 13.8. The Hall–Kier alpha value is -1.69. The maximum atomic E-state index is 12.7. The standard InChI is InChI=1S/C17H22N2O3S/c1-10-12(3)23-15-14(10)16(20)19(9-18-15)11(2)17(21)22-13-7-5-4-6-8-13/h9,11,13H,4-8H2,1-3H3/t11-/m0/s1. The molecule has 0 N–H and O–H groups in total. The van der Waals surface area contributed by atoms with Gasteiger partial charge in [-0.05, 0) is 52.0 Å². The van der Waals surface area contributed by atoms with Crippen LogP contribution in [0, 0.1) is 13.8 Å². The fourth-order valence-electron chi connectivity index (χ4n) is 3.08. The number of carbonyl (C=O) groups is 1. The normalized spacial score (nSPS) is 17.3. The van der Waals surface area contributed by atoms with Crippen molar-refractivity contribution in [3.05, 3.63) is 27.1 Å². The van der Waals surface area contributed by atoms with Gasteiger partial charge in [-0.15, -0.1) is 11.3 Å². The third-order valence-electron chi connectivity index (χ3n) is 4.71. The number of fused-ring (bicyclic) bond motifs is 1. The molecule has 1 fully saturated rings. The molecule has 3 rings (SSSR count). The summed E-state index contributed by atoms with van der Waals surface area (Å²) in [4.78, 5) is 31.3. The minimum atomic E-state index is -0.652. The van der Waals surface area contributed by atoms with Gasteiger partial charge >= 0.3 is 5.97 Å². The first-order valence-corrected chi connectivity index (χ1v) is 8.98. The highest BCUT2D eigenvalue weighted by Gasteiger charge is 2.24. The number of aromatic nitrogens is 2. The summed E-state index contributed by atoms with van der Waals surface area (Å²) in [5.41, 5.74) is 0.787. The molecule has 5 nitrogen and oxygen atoms in total. The largest absolute Gasteiger partial charge is 0.461 e. The summed E-state index contributed by atoms with van der Waals surface area (Å²) in [7, 11) is 0. The second-order valence-electron chi connectivity index (χ2n) is 6.29. The quantitative estimate of drug-likeness (QED) is 0.806. The van der Waals surface area contributed by atoms with E-state index in [1.807, 2.05) is 13.8 Å². The van der Waals surface area contributed by atoms with E-state index in [1.165, 1.54) is 28.7 Å². The van der Waals surface area contributed by atoms with Crippen LogP contribution in [0.3, 0.4) is 0 Å². The molecule has 1 saturated carbocycles. The molecule has 6 heteroatoms. The molecule has 0 aromatic carbocycles. The Morgan fingerprint density at radius 2 is 2.04 bits per heavy atom. The second kappa shape index (κ2) is 6.43. The predicted octanol–water partition coefficient (Wildman–Crippen LogP) is 3.51. The van der Waals surface area contributed by atoms with Crippen LogP contribution in [0.1, 0.15) is 55.5 Å². The van der Waals surface area contributed by atoms with Crippen molar-refractivity contribution in [2.45, 2.75) is 65.0 Å². The van der Waals surface area contributed by atoms with Gasteiger partial charge in [0.15, 0.2) is 0 Å². The molecule has 0 unspecified atom stereocenters. The van der Waals surface area contributed by atoms with Crippen molar-refractivity contribution in [3.63, 3.8) is 0 Å². The van der Waals surface area contributed by atoms with E-state index in [0.29, 0.717) is 5.39 Å². The first-order valence-electron chi connectivity index (χ1n) is 8.16. The zero-order valence-corrected chi connectivity index (χ0v) is 14.6. The van der Waals surface area contributed by atoms with Crippen LogP contribution in [0.15, 0.2) is 11.1 Å². The molecule has 0 saturated heterocycles. The van der Waals surface area contributed by atoms with Gasteiger partial charge < -0.3 is 4.74 Å². The topological polar surface area (TPSA) is 61.2 Å². The average Bonchev–Trinajstić information content (AvgIpc) is 2.83. The lowest BCUT2D eigenvalue weighted by Crippen LogP contribution is -2.32. The average molecular weight is 334 g/mol. The fourth-order valence-corrected chi connectivity index (χ4v) is 4.07. The number of esters is 1. The SMILES string of the molecule is Cc1sc2ncn([C@@H](C)C(=O)OC3CCCCC3)c(=O)c2c1C. The first kappa shape index (κ1) is 16.2. The molecule has 1 atom stereocenters.